The topological polar surface area (TPSA) is 86.8 Å². The Morgan fingerprint density at radius 2 is 1.74 bits per heavy atom. The van der Waals surface area contributed by atoms with Gasteiger partial charge in [0.1, 0.15) is 18.4 Å². The molecule has 2 amide bonds. The Kier molecular flexibility index (Phi) is 9.87. The summed E-state index contributed by atoms with van der Waals surface area (Å²) in [5.41, 5.74) is -1.63. The van der Waals surface area contributed by atoms with Crippen molar-refractivity contribution in [2.45, 2.75) is 63.8 Å². The van der Waals surface area contributed by atoms with Gasteiger partial charge in [0.25, 0.3) is 0 Å². The largest absolute Gasteiger partial charge is 0.416 e. The highest BCUT2D eigenvalue weighted by molar-refractivity contribution is 7.92. The monoisotopic (exact) mass is 591 g/mol. The van der Waals surface area contributed by atoms with Gasteiger partial charge in [-0.3, -0.25) is 13.9 Å². The lowest BCUT2D eigenvalue weighted by molar-refractivity contribution is -0.139. The van der Waals surface area contributed by atoms with Gasteiger partial charge in [0.05, 0.1) is 22.5 Å². The number of carbonyl (C=O) groups excluding carboxylic acids is 2. The Balaban J connectivity index is 1.96. The van der Waals surface area contributed by atoms with E-state index in [1.807, 2.05) is 0 Å². The van der Waals surface area contributed by atoms with Gasteiger partial charge in [-0.2, -0.15) is 13.2 Å². The second kappa shape index (κ2) is 12.5. The Hall–Kier alpha value is -2.86. The number of nitrogens with zero attached hydrogens (tertiary/aromatic N) is 2. The number of sulfonamides is 1. The fourth-order valence-electron chi connectivity index (χ4n) is 4.44. The van der Waals surface area contributed by atoms with Crippen molar-refractivity contribution in [3.8, 4) is 0 Å². The molecule has 13 heteroatoms. The van der Waals surface area contributed by atoms with Crippen molar-refractivity contribution in [3.63, 3.8) is 0 Å². The van der Waals surface area contributed by atoms with E-state index in [1.165, 1.54) is 25.1 Å². The minimum Gasteiger partial charge on any atom is -0.352 e. The van der Waals surface area contributed by atoms with Gasteiger partial charge in [-0.15, -0.1) is 0 Å². The lowest BCUT2D eigenvalue weighted by atomic mass is 9.95. The number of rotatable bonds is 9. The quantitative estimate of drug-likeness (QED) is 0.410. The van der Waals surface area contributed by atoms with Gasteiger partial charge in [-0.05, 0) is 44.0 Å². The van der Waals surface area contributed by atoms with Gasteiger partial charge in [0, 0.05) is 18.2 Å². The zero-order chi connectivity index (χ0) is 29.0. The van der Waals surface area contributed by atoms with Gasteiger partial charge in [-0.1, -0.05) is 49.1 Å². The molecular weight excluding hydrogens is 562 g/mol. The number of hydrogen-bond acceptors (Lipinski definition) is 4. The van der Waals surface area contributed by atoms with Crippen molar-refractivity contribution in [2.75, 3.05) is 17.1 Å². The van der Waals surface area contributed by atoms with Crippen LogP contribution in [0.2, 0.25) is 5.02 Å². The summed E-state index contributed by atoms with van der Waals surface area (Å²) in [6, 6.07) is 6.47. The lowest BCUT2D eigenvalue weighted by Gasteiger charge is -2.33. The van der Waals surface area contributed by atoms with E-state index in [0.717, 1.165) is 49.3 Å². The summed E-state index contributed by atoms with van der Waals surface area (Å²) >= 11 is 6.07. The molecule has 2 aromatic carbocycles. The van der Waals surface area contributed by atoms with Crippen LogP contribution in [0.4, 0.5) is 23.2 Å². The molecule has 1 atom stereocenters. The molecule has 1 N–H and O–H groups in total. The van der Waals surface area contributed by atoms with E-state index in [0.29, 0.717) is 16.4 Å². The summed E-state index contributed by atoms with van der Waals surface area (Å²) in [5.74, 6) is -2.07. The molecule has 0 radical (unpaired) electrons. The van der Waals surface area contributed by atoms with E-state index >= 15 is 0 Å². The van der Waals surface area contributed by atoms with Gasteiger partial charge >= 0.3 is 6.18 Å². The molecule has 2 aromatic rings. The Morgan fingerprint density at radius 3 is 2.33 bits per heavy atom. The summed E-state index contributed by atoms with van der Waals surface area (Å²) in [6.07, 6.45) is 0.410. The molecule has 0 heterocycles. The second-order valence-corrected chi connectivity index (χ2v) is 11.9. The molecule has 0 bridgehead atoms. The fraction of sp³-hybridized carbons (Fsp3) is 0.462. The minimum atomic E-state index is -4.80. The number of amides is 2. The molecule has 0 aliphatic heterocycles. The highest BCUT2D eigenvalue weighted by Crippen LogP contribution is 2.36. The predicted octanol–water partition coefficient (Wildman–Crippen LogP) is 5.13. The Morgan fingerprint density at radius 1 is 1.10 bits per heavy atom. The number of benzene rings is 2. The molecule has 1 aliphatic carbocycles. The average Bonchev–Trinajstić information content (AvgIpc) is 2.86. The molecule has 3 rings (SSSR count). The van der Waals surface area contributed by atoms with Crippen LogP contribution in [0, 0.1) is 5.82 Å². The third-order valence-electron chi connectivity index (χ3n) is 6.64. The molecule has 7 nitrogen and oxygen atoms in total. The van der Waals surface area contributed by atoms with E-state index < -0.39 is 57.7 Å². The SMILES string of the molecule is CC(C(=O)NC1CCCCC1)N(Cc1ccccc1F)C(=O)CN(c1cc(C(F)(F)F)ccc1Cl)S(C)(=O)=O. The maximum atomic E-state index is 14.5. The van der Waals surface area contributed by atoms with Crippen LogP contribution >= 0.6 is 11.6 Å². The Labute approximate surface area is 230 Å². The molecule has 0 saturated heterocycles. The first-order chi connectivity index (χ1) is 18.2. The minimum absolute atomic E-state index is 0.0752. The molecule has 214 valence electrons. The normalized spacial score (nSPS) is 15.5. The first-order valence-electron chi connectivity index (χ1n) is 12.4. The molecule has 39 heavy (non-hydrogen) atoms. The van der Waals surface area contributed by atoms with Crippen LogP contribution in [0.5, 0.6) is 0 Å². The third kappa shape index (κ3) is 8.07. The predicted molar refractivity (Wildman–Crippen MR) is 140 cm³/mol. The number of carbonyl (C=O) groups is 2. The van der Waals surface area contributed by atoms with Crippen LogP contribution in [0.15, 0.2) is 42.5 Å². The van der Waals surface area contributed by atoms with Crippen LogP contribution in [0.3, 0.4) is 0 Å². The van der Waals surface area contributed by atoms with Gasteiger partial charge in [-0.25, -0.2) is 12.8 Å². The van der Waals surface area contributed by atoms with Crippen molar-refractivity contribution in [1.82, 2.24) is 10.2 Å². The molecule has 1 fully saturated rings. The van der Waals surface area contributed by atoms with Gasteiger partial charge < -0.3 is 10.2 Å². The lowest BCUT2D eigenvalue weighted by Crippen LogP contribution is -2.53. The van der Waals surface area contributed by atoms with Crippen molar-refractivity contribution >= 4 is 39.1 Å². The van der Waals surface area contributed by atoms with Crippen molar-refractivity contribution in [1.29, 1.82) is 0 Å². The highest BCUT2D eigenvalue weighted by atomic mass is 35.5. The number of alkyl halides is 3. The van der Waals surface area contributed by atoms with E-state index in [4.69, 9.17) is 11.6 Å². The number of anilines is 1. The molecule has 0 spiro atoms. The summed E-state index contributed by atoms with van der Waals surface area (Å²) in [6.45, 7) is 0.0903. The smallest absolute Gasteiger partial charge is 0.352 e. The van der Waals surface area contributed by atoms with Crippen LogP contribution < -0.4 is 9.62 Å². The third-order valence-corrected chi connectivity index (χ3v) is 8.08. The van der Waals surface area contributed by atoms with Crippen LogP contribution in [-0.2, 0) is 32.3 Å². The molecule has 1 unspecified atom stereocenters. The fourth-order valence-corrected chi connectivity index (χ4v) is 5.56. The first kappa shape index (κ1) is 30.7. The van der Waals surface area contributed by atoms with E-state index in [9.17, 15) is 35.6 Å². The van der Waals surface area contributed by atoms with Crippen molar-refractivity contribution in [3.05, 3.63) is 64.4 Å². The average molecular weight is 592 g/mol. The van der Waals surface area contributed by atoms with Crippen LogP contribution in [-0.4, -0.2) is 50.0 Å². The van der Waals surface area contributed by atoms with Crippen molar-refractivity contribution < 1.29 is 35.6 Å². The molecule has 0 aromatic heterocycles. The van der Waals surface area contributed by atoms with E-state index in [1.54, 1.807) is 6.07 Å². The van der Waals surface area contributed by atoms with Crippen LogP contribution in [0.25, 0.3) is 0 Å². The standard InChI is InChI=1S/C26H30ClF4N3O4S/c1-17(25(36)32-20-9-4-3-5-10-20)33(15-18-8-6-7-11-22(18)28)24(35)16-34(39(2,37)38)23-14-19(26(29,30)31)12-13-21(23)27/h6-8,11-14,17,20H,3-5,9-10,15-16H2,1-2H3,(H,32,36). The maximum Gasteiger partial charge on any atom is 0.416 e. The summed E-state index contributed by atoms with van der Waals surface area (Å²) in [5, 5.41) is 2.57. The zero-order valence-corrected chi connectivity index (χ0v) is 23.0. The summed E-state index contributed by atoms with van der Waals surface area (Å²) in [7, 11) is -4.32. The first-order valence-corrected chi connectivity index (χ1v) is 14.6. The maximum absolute atomic E-state index is 14.5. The second-order valence-electron chi connectivity index (χ2n) is 9.57. The highest BCUT2D eigenvalue weighted by Gasteiger charge is 2.35. The van der Waals surface area contributed by atoms with Gasteiger partial charge in [0.2, 0.25) is 21.8 Å². The summed E-state index contributed by atoms with van der Waals surface area (Å²) in [4.78, 5) is 27.7. The summed E-state index contributed by atoms with van der Waals surface area (Å²) < 4.78 is 80.3. The molecular formula is C26H30ClF4N3O4S. The van der Waals surface area contributed by atoms with Crippen LogP contribution in [0.1, 0.15) is 50.2 Å². The Bertz CT molecular complexity index is 1300. The number of nitrogens with one attached hydrogen (secondary N) is 1. The van der Waals surface area contributed by atoms with E-state index in [2.05, 4.69) is 5.32 Å². The number of hydrogen-bond donors (Lipinski definition) is 1. The van der Waals surface area contributed by atoms with E-state index in [-0.39, 0.29) is 23.2 Å². The number of halogens is 5. The van der Waals surface area contributed by atoms with Crippen molar-refractivity contribution in [2.24, 2.45) is 0 Å². The molecule has 1 aliphatic rings. The molecule has 1 saturated carbocycles. The zero-order valence-electron chi connectivity index (χ0n) is 21.5. The van der Waals surface area contributed by atoms with Gasteiger partial charge in [0.15, 0.2) is 0 Å².